The van der Waals surface area contributed by atoms with Crippen LogP contribution in [0.1, 0.15) is 18.8 Å². The van der Waals surface area contributed by atoms with E-state index in [-0.39, 0.29) is 5.02 Å². The number of allylic oxidation sites excluding steroid dienone is 1. The van der Waals surface area contributed by atoms with Crippen molar-refractivity contribution in [3.8, 4) is 11.3 Å². The molecule has 1 aromatic carbocycles. The highest BCUT2D eigenvalue weighted by Crippen LogP contribution is 2.27. The van der Waals surface area contributed by atoms with E-state index in [4.69, 9.17) is 21.1 Å². The van der Waals surface area contributed by atoms with Crippen LogP contribution >= 0.6 is 11.6 Å². The van der Waals surface area contributed by atoms with Gasteiger partial charge in [-0.2, -0.15) is 0 Å². The number of hydrogen-bond acceptors (Lipinski definition) is 3. The van der Waals surface area contributed by atoms with Crippen LogP contribution in [0.25, 0.3) is 11.3 Å². The van der Waals surface area contributed by atoms with Gasteiger partial charge in [0.05, 0.1) is 23.9 Å². The third kappa shape index (κ3) is 3.78. The van der Waals surface area contributed by atoms with Gasteiger partial charge in [0.25, 0.3) is 0 Å². The Morgan fingerprint density at radius 3 is 2.61 bits per heavy atom. The molecule has 3 nitrogen and oxygen atoms in total. The Bertz CT molecular complexity index is 695. The van der Waals surface area contributed by atoms with Gasteiger partial charge >= 0.3 is 0 Å². The Morgan fingerprint density at radius 1 is 1.22 bits per heavy atom. The third-order valence-electron chi connectivity index (χ3n) is 3.66. The van der Waals surface area contributed by atoms with Crippen LogP contribution in [0.2, 0.25) is 5.02 Å². The monoisotopic (exact) mass is 333 g/mol. The second kappa shape index (κ2) is 7.21. The number of rotatable bonds is 3. The summed E-state index contributed by atoms with van der Waals surface area (Å²) in [4.78, 5) is 4.37. The molecule has 0 N–H and O–H groups in total. The van der Waals surface area contributed by atoms with E-state index in [1.165, 1.54) is 12.1 Å². The number of ether oxygens (including phenoxy) is 2. The van der Waals surface area contributed by atoms with E-state index in [1.54, 1.807) is 12.3 Å². The Labute approximate surface area is 139 Å². The SMILES string of the molecule is CC=CC1COC(c2ccc(-c3ccc(Cl)c(F)c3)nc2)OC1. The predicted octanol–water partition coefficient (Wildman–Crippen LogP) is 4.78. The van der Waals surface area contributed by atoms with Gasteiger partial charge in [0.15, 0.2) is 6.29 Å². The molecule has 1 fully saturated rings. The van der Waals surface area contributed by atoms with Crippen molar-refractivity contribution < 1.29 is 13.9 Å². The highest BCUT2D eigenvalue weighted by atomic mass is 35.5. The van der Waals surface area contributed by atoms with Crippen molar-refractivity contribution in [3.05, 3.63) is 65.1 Å². The summed E-state index contributed by atoms with van der Waals surface area (Å²) in [6.45, 7) is 3.23. The van der Waals surface area contributed by atoms with Crippen molar-refractivity contribution >= 4 is 11.6 Å². The van der Waals surface area contributed by atoms with E-state index in [0.717, 1.165) is 5.56 Å². The predicted molar refractivity (Wildman–Crippen MR) is 87.6 cm³/mol. The zero-order chi connectivity index (χ0) is 16.2. The first kappa shape index (κ1) is 16.1. The lowest BCUT2D eigenvalue weighted by Crippen LogP contribution is -2.25. The molecular formula is C18H17ClFNO2. The van der Waals surface area contributed by atoms with Crippen molar-refractivity contribution in [1.29, 1.82) is 0 Å². The molecule has 0 radical (unpaired) electrons. The van der Waals surface area contributed by atoms with Crippen LogP contribution in [0, 0.1) is 11.7 Å². The fourth-order valence-corrected chi connectivity index (χ4v) is 2.58. The number of pyridine rings is 1. The van der Waals surface area contributed by atoms with Gasteiger partial charge in [-0.05, 0) is 25.1 Å². The first-order valence-corrected chi connectivity index (χ1v) is 7.82. The molecule has 1 aliphatic rings. The molecule has 0 spiro atoms. The first-order valence-electron chi connectivity index (χ1n) is 7.45. The maximum Gasteiger partial charge on any atom is 0.185 e. The fraction of sp³-hybridized carbons (Fsp3) is 0.278. The van der Waals surface area contributed by atoms with Gasteiger partial charge in [-0.15, -0.1) is 0 Å². The minimum absolute atomic E-state index is 0.102. The zero-order valence-corrected chi connectivity index (χ0v) is 13.5. The van der Waals surface area contributed by atoms with Gasteiger partial charge in [-0.1, -0.05) is 35.9 Å². The summed E-state index contributed by atoms with van der Waals surface area (Å²) in [5.41, 5.74) is 2.20. The molecule has 3 rings (SSSR count). The van der Waals surface area contributed by atoms with E-state index in [0.29, 0.717) is 30.4 Å². The third-order valence-corrected chi connectivity index (χ3v) is 3.97. The second-order valence-electron chi connectivity index (χ2n) is 5.39. The van der Waals surface area contributed by atoms with Crippen LogP contribution in [0.5, 0.6) is 0 Å². The molecule has 1 aliphatic heterocycles. The molecule has 0 saturated carbocycles. The lowest BCUT2D eigenvalue weighted by atomic mass is 10.1. The van der Waals surface area contributed by atoms with Gasteiger partial charge in [-0.3, -0.25) is 4.98 Å². The quantitative estimate of drug-likeness (QED) is 0.757. The van der Waals surface area contributed by atoms with Crippen LogP contribution in [0.4, 0.5) is 4.39 Å². The van der Waals surface area contributed by atoms with Crippen molar-refractivity contribution in [2.45, 2.75) is 13.2 Å². The number of hydrogen-bond donors (Lipinski definition) is 0. The standard InChI is InChI=1S/C18H17ClFNO2/c1-2-3-12-10-22-18(23-11-12)14-5-7-17(21-9-14)13-4-6-15(19)16(20)8-13/h2-9,12,18H,10-11H2,1H3. The summed E-state index contributed by atoms with van der Waals surface area (Å²) < 4.78 is 25.0. The Morgan fingerprint density at radius 2 is 2.00 bits per heavy atom. The number of aromatic nitrogens is 1. The normalized spacial score (nSPS) is 21.7. The maximum absolute atomic E-state index is 13.5. The average molecular weight is 334 g/mol. The average Bonchev–Trinajstić information content (AvgIpc) is 2.59. The first-order chi connectivity index (χ1) is 11.2. The summed E-state index contributed by atoms with van der Waals surface area (Å²) in [6.07, 6.45) is 5.37. The molecule has 0 atom stereocenters. The van der Waals surface area contributed by atoms with Crippen molar-refractivity contribution in [1.82, 2.24) is 4.98 Å². The summed E-state index contributed by atoms with van der Waals surface area (Å²) in [7, 11) is 0. The molecule has 2 aromatic rings. The van der Waals surface area contributed by atoms with Crippen LogP contribution < -0.4 is 0 Å². The van der Waals surface area contributed by atoms with Crippen molar-refractivity contribution in [2.75, 3.05) is 13.2 Å². The molecule has 23 heavy (non-hydrogen) atoms. The van der Waals surface area contributed by atoms with Crippen molar-refractivity contribution in [3.63, 3.8) is 0 Å². The topological polar surface area (TPSA) is 31.4 Å². The lowest BCUT2D eigenvalue weighted by molar-refractivity contribution is -0.197. The van der Waals surface area contributed by atoms with E-state index >= 15 is 0 Å². The number of benzene rings is 1. The molecule has 0 amide bonds. The second-order valence-corrected chi connectivity index (χ2v) is 5.80. The molecule has 1 saturated heterocycles. The molecule has 0 unspecified atom stereocenters. The van der Waals surface area contributed by atoms with E-state index in [1.807, 2.05) is 25.1 Å². The Kier molecular flexibility index (Phi) is 5.06. The molecule has 2 heterocycles. The Hall–Kier alpha value is -1.75. The largest absolute Gasteiger partial charge is 0.348 e. The van der Waals surface area contributed by atoms with Gasteiger partial charge in [0.2, 0.25) is 0 Å². The van der Waals surface area contributed by atoms with Crippen LogP contribution in [0.15, 0.2) is 48.7 Å². The maximum atomic E-state index is 13.5. The molecule has 1 aromatic heterocycles. The van der Waals surface area contributed by atoms with Gasteiger partial charge in [0.1, 0.15) is 5.82 Å². The minimum atomic E-state index is -0.455. The smallest absolute Gasteiger partial charge is 0.185 e. The molecule has 120 valence electrons. The van der Waals surface area contributed by atoms with Crippen LogP contribution in [0.3, 0.4) is 0 Å². The zero-order valence-electron chi connectivity index (χ0n) is 12.7. The van der Waals surface area contributed by atoms with E-state index in [2.05, 4.69) is 11.1 Å². The molecule has 0 bridgehead atoms. The number of halogens is 2. The van der Waals surface area contributed by atoms with Crippen LogP contribution in [-0.4, -0.2) is 18.2 Å². The van der Waals surface area contributed by atoms with Crippen molar-refractivity contribution in [2.24, 2.45) is 5.92 Å². The highest BCUT2D eigenvalue weighted by molar-refractivity contribution is 6.30. The molecule has 5 heteroatoms. The summed E-state index contributed by atoms with van der Waals surface area (Å²) in [5.74, 6) is -0.162. The minimum Gasteiger partial charge on any atom is -0.348 e. The van der Waals surface area contributed by atoms with Gasteiger partial charge in [0, 0.05) is 23.2 Å². The van der Waals surface area contributed by atoms with E-state index in [9.17, 15) is 4.39 Å². The van der Waals surface area contributed by atoms with E-state index < -0.39 is 12.1 Å². The lowest BCUT2D eigenvalue weighted by Gasteiger charge is -2.28. The highest BCUT2D eigenvalue weighted by Gasteiger charge is 2.22. The summed E-state index contributed by atoms with van der Waals surface area (Å²) in [5, 5.41) is 0.102. The van der Waals surface area contributed by atoms with Gasteiger partial charge in [-0.25, -0.2) is 4.39 Å². The molecular weight excluding hydrogens is 317 g/mol. The molecule has 0 aliphatic carbocycles. The van der Waals surface area contributed by atoms with Crippen LogP contribution in [-0.2, 0) is 9.47 Å². The fourth-order valence-electron chi connectivity index (χ4n) is 2.46. The summed E-state index contributed by atoms with van der Waals surface area (Å²) >= 11 is 5.70. The van der Waals surface area contributed by atoms with Gasteiger partial charge < -0.3 is 9.47 Å². The number of nitrogens with zero attached hydrogens (tertiary/aromatic N) is 1. The summed E-state index contributed by atoms with van der Waals surface area (Å²) in [6, 6.07) is 8.34. The Balaban J connectivity index is 1.71.